The van der Waals surface area contributed by atoms with Crippen molar-refractivity contribution >= 4 is 46.2 Å². The second kappa shape index (κ2) is 7.72. The minimum absolute atomic E-state index is 0.114. The summed E-state index contributed by atoms with van der Waals surface area (Å²) in [5, 5.41) is 12.1. The van der Waals surface area contributed by atoms with E-state index in [4.69, 9.17) is 11.6 Å². The van der Waals surface area contributed by atoms with Crippen LogP contribution in [0.1, 0.15) is 23.7 Å². The van der Waals surface area contributed by atoms with Gasteiger partial charge in [0.15, 0.2) is 0 Å². The topological polar surface area (TPSA) is 57.6 Å². The smallest absolute Gasteiger partial charge is 0.339 e. The largest absolute Gasteiger partial charge is 0.478 e. The van der Waals surface area contributed by atoms with Crippen molar-refractivity contribution in [3.8, 4) is 10.4 Å². The van der Waals surface area contributed by atoms with Gasteiger partial charge < -0.3 is 5.11 Å². The third-order valence-electron chi connectivity index (χ3n) is 3.90. The standard InChI is InChI=1S/C20H16ClNO3S/c1-2-17(23)22(15-6-4-3-5-7-15)16-12-26-19(18(16)20(24)25)13-8-10-14(21)11-9-13/h3-12H,2H2,1H3,(H,24,25). The fourth-order valence-corrected chi connectivity index (χ4v) is 3.85. The summed E-state index contributed by atoms with van der Waals surface area (Å²) in [6, 6.07) is 16.1. The molecule has 0 aliphatic heterocycles. The number of anilines is 2. The molecule has 26 heavy (non-hydrogen) atoms. The van der Waals surface area contributed by atoms with Crippen molar-refractivity contribution in [2.24, 2.45) is 0 Å². The first-order chi connectivity index (χ1) is 12.5. The molecule has 0 radical (unpaired) electrons. The molecule has 2 aromatic carbocycles. The highest BCUT2D eigenvalue weighted by atomic mass is 35.5. The molecule has 1 heterocycles. The number of amides is 1. The van der Waals surface area contributed by atoms with Gasteiger partial charge in [0.05, 0.1) is 10.6 Å². The van der Waals surface area contributed by atoms with E-state index >= 15 is 0 Å². The van der Waals surface area contributed by atoms with Crippen LogP contribution in [0.4, 0.5) is 11.4 Å². The predicted octanol–water partition coefficient (Wildman–Crippen LogP) is 5.84. The second-order valence-corrected chi connectivity index (χ2v) is 6.87. The zero-order valence-corrected chi connectivity index (χ0v) is 15.6. The number of halogens is 1. The van der Waals surface area contributed by atoms with Crippen molar-refractivity contribution in [2.45, 2.75) is 13.3 Å². The van der Waals surface area contributed by atoms with E-state index in [0.717, 1.165) is 5.56 Å². The number of carboxylic acid groups (broad SMARTS) is 1. The molecule has 0 aliphatic carbocycles. The van der Waals surface area contributed by atoms with Crippen LogP contribution in [0.5, 0.6) is 0 Å². The van der Waals surface area contributed by atoms with Crippen LogP contribution in [-0.2, 0) is 4.79 Å². The molecule has 0 saturated carbocycles. The van der Waals surface area contributed by atoms with Gasteiger partial charge in [0, 0.05) is 22.5 Å². The Morgan fingerprint density at radius 3 is 2.31 bits per heavy atom. The Bertz CT molecular complexity index is 935. The van der Waals surface area contributed by atoms with Gasteiger partial charge in [0.25, 0.3) is 0 Å². The lowest BCUT2D eigenvalue weighted by Gasteiger charge is -2.22. The maximum absolute atomic E-state index is 12.6. The highest BCUT2D eigenvalue weighted by Crippen LogP contribution is 2.41. The minimum Gasteiger partial charge on any atom is -0.478 e. The summed E-state index contributed by atoms with van der Waals surface area (Å²) in [4.78, 5) is 26.7. The van der Waals surface area contributed by atoms with Gasteiger partial charge in [-0.15, -0.1) is 11.3 Å². The number of hydrogen-bond donors (Lipinski definition) is 1. The SMILES string of the molecule is CCC(=O)N(c1ccccc1)c1csc(-c2ccc(Cl)cc2)c1C(=O)O. The fourth-order valence-electron chi connectivity index (χ4n) is 2.69. The number of nitrogens with zero attached hydrogens (tertiary/aromatic N) is 1. The van der Waals surface area contributed by atoms with E-state index in [-0.39, 0.29) is 17.9 Å². The van der Waals surface area contributed by atoms with Gasteiger partial charge in [0.2, 0.25) is 5.91 Å². The Labute approximate surface area is 160 Å². The van der Waals surface area contributed by atoms with Crippen LogP contribution < -0.4 is 4.90 Å². The van der Waals surface area contributed by atoms with Crippen LogP contribution in [0.3, 0.4) is 0 Å². The third kappa shape index (κ3) is 3.49. The van der Waals surface area contributed by atoms with Crippen molar-refractivity contribution in [3.05, 3.63) is 70.6 Å². The first kappa shape index (κ1) is 18.2. The van der Waals surface area contributed by atoms with Gasteiger partial charge in [-0.3, -0.25) is 9.69 Å². The molecule has 0 aliphatic rings. The molecule has 4 nitrogen and oxygen atoms in total. The second-order valence-electron chi connectivity index (χ2n) is 5.56. The number of thiophene rings is 1. The summed E-state index contributed by atoms with van der Waals surface area (Å²) in [6.07, 6.45) is 0.264. The lowest BCUT2D eigenvalue weighted by atomic mass is 10.1. The van der Waals surface area contributed by atoms with Crippen molar-refractivity contribution in [1.82, 2.24) is 0 Å². The summed E-state index contributed by atoms with van der Waals surface area (Å²) in [5.41, 5.74) is 1.88. The molecule has 0 bridgehead atoms. The van der Waals surface area contributed by atoms with Crippen molar-refractivity contribution < 1.29 is 14.7 Å². The number of hydrogen-bond acceptors (Lipinski definition) is 3. The third-order valence-corrected chi connectivity index (χ3v) is 5.17. The molecule has 0 atom stereocenters. The van der Waals surface area contributed by atoms with Gasteiger partial charge in [-0.1, -0.05) is 48.9 Å². The minimum atomic E-state index is -1.07. The molecule has 1 amide bonds. The first-order valence-electron chi connectivity index (χ1n) is 8.01. The maximum atomic E-state index is 12.6. The van der Waals surface area contributed by atoms with Gasteiger partial charge in [-0.05, 0) is 29.8 Å². The monoisotopic (exact) mass is 385 g/mol. The molecule has 0 unspecified atom stereocenters. The normalized spacial score (nSPS) is 10.5. The molecule has 0 fully saturated rings. The van der Waals surface area contributed by atoms with Crippen LogP contribution >= 0.6 is 22.9 Å². The fraction of sp³-hybridized carbons (Fsp3) is 0.100. The Morgan fingerprint density at radius 2 is 1.73 bits per heavy atom. The number of benzene rings is 2. The molecule has 0 saturated heterocycles. The van der Waals surface area contributed by atoms with Crippen molar-refractivity contribution in [3.63, 3.8) is 0 Å². The number of rotatable bonds is 5. The van der Waals surface area contributed by atoms with Crippen LogP contribution in [0.15, 0.2) is 60.0 Å². The number of carboxylic acids is 1. The summed E-state index contributed by atoms with van der Waals surface area (Å²) in [5.74, 6) is -1.24. The molecule has 1 aromatic heterocycles. The molecule has 1 N–H and O–H groups in total. The van der Waals surface area contributed by atoms with E-state index in [0.29, 0.717) is 21.3 Å². The predicted molar refractivity (Wildman–Crippen MR) is 106 cm³/mol. The van der Waals surface area contributed by atoms with E-state index in [9.17, 15) is 14.7 Å². The molecular weight excluding hydrogens is 370 g/mol. The Morgan fingerprint density at radius 1 is 1.08 bits per heavy atom. The summed E-state index contributed by atoms with van der Waals surface area (Å²) < 4.78 is 0. The van der Waals surface area contributed by atoms with Gasteiger partial charge in [-0.25, -0.2) is 4.79 Å². The van der Waals surface area contributed by atoms with Gasteiger partial charge in [-0.2, -0.15) is 0 Å². The molecule has 3 rings (SSSR count). The molecule has 0 spiro atoms. The van der Waals surface area contributed by atoms with E-state index in [1.807, 2.05) is 18.2 Å². The van der Waals surface area contributed by atoms with E-state index < -0.39 is 5.97 Å². The molecular formula is C20H16ClNO3S. The highest BCUT2D eigenvalue weighted by molar-refractivity contribution is 7.14. The summed E-state index contributed by atoms with van der Waals surface area (Å²) >= 11 is 7.23. The molecule has 3 aromatic rings. The van der Waals surface area contributed by atoms with Crippen LogP contribution in [0, 0.1) is 0 Å². The van der Waals surface area contributed by atoms with E-state index in [2.05, 4.69) is 0 Å². The average Bonchev–Trinajstić information content (AvgIpc) is 3.08. The maximum Gasteiger partial charge on any atom is 0.339 e. The number of aromatic carboxylic acids is 1. The van der Waals surface area contributed by atoms with Crippen LogP contribution in [-0.4, -0.2) is 17.0 Å². The van der Waals surface area contributed by atoms with Crippen molar-refractivity contribution in [2.75, 3.05) is 4.90 Å². The Hall–Kier alpha value is -2.63. The molecule has 132 valence electrons. The summed E-state index contributed by atoms with van der Waals surface area (Å²) in [6.45, 7) is 1.76. The van der Waals surface area contributed by atoms with Crippen molar-refractivity contribution in [1.29, 1.82) is 0 Å². The zero-order chi connectivity index (χ0) is 18.7. The zero-order valence-electron chi connectivity index (χ0n) is 14.0. The number of carbonyl (C=O) groups is 2. The Balaban J connectivity index is 2.18. The Kier molecular flexibility index (Phi) is 5.40. The number of para-hydroxylation sites is 1. The average molecular weight is 386 g/mol. The van der Waals surface area contributed by atoms with Crippen LogP contribution in [0.25, 0.3) is 10.4 Å². The van der Waals surface area contributed by atoms with Gasteiger partial charge >= 0.3 is 5.97 Å². The van der Waals surface area contributed by atoms with E-state index in [1.165, 1.54) is 16.2 Å². The van der Waals surface area contributed by atoms with Gasteiger partial charge in [0.1, 0.15) is 5.56 Å². The quantitative estimate of drug-likeness (QED) is 0.600. The molecule has 6 heteroatoms. The summed E-state index contributed by atoms with van der Waals surface area (Å²) in [7, 11) is 0. The van der Waals surface area contributed by atoms with E-state index in [1.54, 1.807) is 48.7 Å². The lowest BCUT2D eigenvalue weighted by Crippen LogP contribution is -2.26. The highest BCUT2D eigenvalue weighted by Gasteiger charge is 2.27. The lowest BCUT2D eigenvalue weighted by molar-refractivity contribution is -0.117. The number of carbonyl (C=O) groups excluding carboxylic acids is 1. The first-order valence-corrected chi connectivity index (χ1v) is 9.27. The van der Waals surface area contributed by atoms with Crippen LogP contribution in [0.2, 0.25) is 5.02 Å².